The third kappa shape index (κ3) is 4.05. The molecule has 2 N–H and O–H groups in total. The third-order valence-corrected chi connectivity index (χ3v) is 8.33. The van der Waals surface area contributed by atoms with E-state index in [0.717, 1.165) is 52.5 Å². The quantitative estimate of drug-likeness (QED) is 0.376. The van der Waals surface area contributed by atoms with E-state index in [0.29, 0.717) is 17.3 Å². The Morgan fingerprint density at radius 3 is 2.56 bits per heavy atom. The molecule has 10 heteroatoms. The Morgan fingerprint density at radius 2 is 1.82 bits per heavy atom. The molecule has 2 aliphatic rings. The van der Waals surface area contributed by atoms with E-state index in [9.17, 15) is 9.59 Å². The predicted molar refractivity (Wildman–Crippen MR) is 135 cm³/mol. The molecule has 3 aromatic heterocycles. The first-order chi connectivity index (χ1) is 16.6. The van der Waals surface area contributed by atoms with Gasteiger partial charge in [-0.25, -0.2) is 4.98 Å². The van der Waals surface area contributed by atoms with Crippen molar-refractivity contribution in [3.8, 4) is 0 Å². The Labute approximate surface area is 204 Å². The Balaban J connectivity index is 1.24. The third-order valence-electron chi connectivity index (χ3n) is 6.22. The smallest absolute Gasteiger partial charge is 0.234 e. The molecule has 2 amide bonds. The molecule has 0 radical (unpaired) electrons. The summed E-state index contributed by atoms with van der Waals surface area (Å²) in [6.07, 6.45) is 6.92. The number of carbonyl (C=O) groups is 2. The van der Waals surface area contributed by atoms with Crippen molar-refractivity contribution in [3.05, 3.63) is 40.5 Å². The first kappa shape index (κ1) is 21.5. The molecule has 1 aromatic carbocycles. The lowest BCUT2D eigenvalue weighted by molar-refractivity contribution is -0.114. The molecule has 1 saturated carbocycles. The lowest BCUT2D eigenvalue weighted by atomic mass is 9.97. The minimum Gasteiger partial charge on any atom is -0.326 e. The van der Waals surface area contributed by atoms with E-state index in [1.54, 1.807) is 24.3 Å². The minimum atomic E-state index is -0.131. The number of aromatic nitrogens is 4. The largest absolute Gasteiger partial charge is 0.326 e. The summed E-state index contributed by atoms with van der Waals surface area (Å²) in [5, 5.41) is 16.6. The Bertz CT molecular complexity index is 1420. The van der Waals surface area contributed by atoms with Gasteiger partial charge in [-0.2, -0.15) is 0 Å². The van der Waals surface area contributed by atoms with E-state index in [4.69, 9.17) is 4.98 Å². The van der Waals surface area contributed by atoms with Crippen molar-refractivity contribution >= 4 is 62.2 Å². The second kappa shape index (κ2) is 8.66. The van der Waals surface area contributed by atoms with Crippen LogP contribution >= 0.6 is 23.1 Å². The summed E-state index contributed by atoms with van der Waals surface area (Å²) in [5.74, 6) is 1.44. The van der Waals surface area contributed by atoms with Gasteiger partial charge in [0.05, 0.1) is 11.1 Å². The van der Waals surface area contributed by atoms with Gasteiger partial charge in [-0.15, -0.1) is 21.5 Å². The van der Waals surface area contributed by atoms with Crippen molar-refractivity contribution < 1.29 is 9.59 Å². The number of amides is 2. The molecule has 3 heterocycles. The molecular formula is C24H24N6O2S2. The zero-order valence-corrected chi connectivity index (χ0v) is 20.4. The highest BCUT2D eigenvalue weighted by Gasteiger charge is 2.32. The number of hydrogen-bond donors (Lipinski definition) is 2. The van der Waals surface area contributed by atoms with Crippen LogP contribution in [0.15, 0.2) is 29.4 Å². The van der Waals surface area contributed by atoms with E-state index in [2.05, 4.69) is 25.2 Å². The highest BCUT2D eigenvalue weighted by molar-refractivity contribution is 7.99. The average molecular weight is 493 g/mol. The fourth-order valence-electron chi connectivity index (χ4n) is 4.53. The molecule has 0 aliphatic heterocycles. The van der Waals surface area contributed by atoms with Crippen LogP contribution in [-0.4, -0.2) is 37.1 Å². The zero-order valence-electron chi connectivity index (χ0n) is 18.8. The number of benzene rings is 1. The van der Waals surface area contributed by atoms with Crippen LogP contribution in [0, 0.1) is 0 Å². The zero-order chi connectivity index (χ0) is 23.2. The molecule has 0 atom stereocenters. The predicted octanol–water partition coefficient (Wildman–Crippen LogP) is 4.78. The van der Waals surface area contributed by atoms with Crippen LogP contribution in [0.4, 0.5) is 11.4 Å². The number of aryl methyl sites for hydroxylation is 2. The first-order valence-electron chi connectivity index (χ1n) is 11.6. The summed E-state index contributed by atoms with van der Waals surface area (Å²) in [6, 6.07) is 7.06. The average Bonchev–Trinajstić information content (AvgIpc) is 3.47. The number of anilines is 2. The summed E-state index contributed by atoms with van der Waals surface area (Å²) in [6.45, 7) is 1.46. The Hall–Kier alpha value is -2.98. The van der Waals surface area contributed by atoms with Gasteiger partial charge in [0.1, 0.15) is 10.7 Å². The summed E-state index contributed by atoms with van der Waals surface area (Å²) < 4.78 is 2.10. The highest BCUT2D eigenvalue weighted by atomic mass is 32.2. The van der Waals surface area contributed by atoms with E-state index in [1.807, 2.05) is 11.3 Å². The van der Waals surface area contributed by atoms with Gasteiger partial charge in [-0.05, 0) is 68.4 Å². The maximum Gasteiger partial charge on any atom is 0.234 e. The van der Waals surface area contributed by atoms with Crippen molar-refractivity contribution in [1.82, 2.24) is 19.6 Å². The molecule has 8 nitrogen and oxygen atoms in total. The first-order valence-corrected chi connectivity index (χ1v) is 13.4. The van der Waals surface area contributed by atoms with Crippen LogP contribution in [0.3, 0.4) is 0 Å². The maximum atomic E-state index is 12.6. The molecule has 0 saturated heterocycles. The van der Waals surface area contributed by atoms with Crippen molar-refractivity contribution in [3.63, 3.8) is 0 Å². The SMILES string of the molecule is CC(=O)Nc1ccc(NC(=O)CSc2nnc3c4c5c(sc4nc(C4CC4)n23)CCCC5)cc1. The molecule has 4 aromatic rings. The molecule has 0 unspecified atom stereocenters. The van der Waals surface area contributed by atoms with E-state index >= 15 is 0 Å². The van der Waals surface area contributed by atoms with Gasteiger partial charge in [-0.1, -0.05) is 11.8 Å². The van der Waals surface area contributed by atoms with E-state index in [1.165, 1.54) is 42.0 Å². The summed E-state index contributed by atoms with van der Waals surface area (Å²) in [4.78, 5) is 31.4. The Kier molecular flexibility index (Phi) is 5.49. The van der Waals surface area contributed by atoms with Crippen LogP contribution in [0.2, 0.25) is 0 Å². The lowest BCUT2D eigenvalue weighted by Gasteiger charge is -2.11. The molecule has 0 bridgehead atoms. The number of carbonyl (C=O) groups excluding carboxylic acids is 2. The van der Waals surface area contributed by atoms with Gasteiger partial charge in [0.25, 0.3) is 0 Å². The van der Waals surface area contributed by atoms with Crippen LogP contribution in [0.1, 0.15) is 54.8 Å². The standard InChI is InChI=1S/C24H24N6O2S2/c1-13(31)25-15-8-10-16(11-9-15)26-19(32)12-33-24-29-28-22-20-17-4-2-3-5-18(17)34-23(20)27-21(30(22)24)14-6-7-14/h8-11,14H,2-7,12H2,1H3,(H,25,31)(H,26,32). The fraction of sp³-hybridized carbons (Fsp3) is 0.375. The van der Waals surface area contributed by atoms with Gasteiger partial charge in [0, 0.05) is 29.1 Å². The second-order valence-electron chi connectivity index (χ2n) is 8.87. The molecule has 6 rings (SSSR count). The van der Waals surface area contributed by atoms with Gasteiger partial charge >= 0.3 is 0 Å². The normalized spacial score (nSPS) is 15.4. The van der Waals surface area contributed by atoms with Crippen molar-refractivity contribution in [2.45, 2.75) is 56.5 Å². The van der Waals surface area contributed by atoms with Gasteiger partial charge in [0.15, 0.2) is 10.8 Å². The number of nitrogens with one attached hydrogen (secondary N) is 2. The summed E-state index contributed by atoms with van der Waals surface area (Å²) >= 11 is 3.21. The maximum absolute atomic E-state index is 12.6. The number of thiophene rings is 1. The van der Waals surface area contributed by atoms with Gasteiger partial charge in [-0.3, -0.25) is 14.0 Å². The molecule has 1 fully saturated rings. The number of hydrogen-bond acceptors (Lipinski definition) is 7. The van der Waals surface area contributed by atoms with Gasteiger partial charge < -0.3 is 10.6 Å². The van der Waals surface area contributed by atoms with Crippen LogP contribution in [-0.2, 0) is 22.4 Å². The van der Waals surface area contributed by atoms with Crippen molar-refractivity contribution in [1.29, 1.82) is 0 Å². The number of nitrogens with zero attached hydrogens (tertiary/aromatic N) is 4. The molecule has 34 heavy (non-hydrogen) atoms. The van der Waals surface area contributed by atoms with Gasteiger partial charge in [0.2, 0.25) is 11.8 Å². The van der Waals surface area contributed by atoms with E-state index < -0.39 is 0 Å². The number of fused-ring (bicyclic) bond motifs is 5. The van der Waals surface area contributed by atoms with Crippen molar-refractivity contribution in [2.24, 2.45) is 0 Å². The monoisotopic (exact) mass is 492 g/mol. The molecule has 2 aliphatic carbocycles. The fourth-order valence-corrected chi connectivity index (χ4v) is 6.53. The van der Waals surface area contributed by atoms with Crippen LogP contribution in [0.25, 0.3) is 15.9 Å². The lowest BCUT2D eigenvalue weighted by Crippen LogP contribution is -2.14. The molecule has 174 valence electrons. The summed E-state index contributed by atoms with van der Waals surface area (Å²) in [7, 11) is 0. The highest BCUT2D eigenvalue weighted by Crippen LogP contribution is 2.44. The van der Waals surface area contributed by atoms with Crippen molar-refractivity contribution in [2.75, 3.05) is 16.4 Å². The van der Waals surface area contributed by atoms with Crippen LogP contribution in [0.5, 0.6) is 0 Å². The number of thioether (sulfide) groups is 1. The van der Waals surface area contributed by atoms with Crippen LogP contribution < -0.4 is 10.6 Å². The van der Waals surface area contributed by atoms with E-state index in [-0.39, 0.29) is 17.6 Å². The second-order valence-corrected chi connectivity index (χ2v) is 10.9. The number of rotatable bonds is 6. The molecular weight excluding hydrogens is 468 g/mol. The summed E-state index contributed by atoms with van der Waals surface area (Å²) in [5.41, 5.74) is 3.66. The molecule has 0 spiro atoms. The minimum absolute atomic E-state index is 0.121. The topological polar surface area (TPSA) is 101 Å². The Morgan fingerprint density at radius 1 is 1.09 bits per heavy atom.